The number of thiophene rings is 1. The van der Waals surface area contributed by atoms with Gasteiger partial charge in [0.25, 0.3) is 0 Å². The highest BCUT2D eigenvalue weighted by Gasteiger charge is 2.12. The number of oxazole rings is 1. The molecule has 0 aromatic carbocycles. The average Bonchev–Trinajstić information content (AvgIpc) is 2.84. The lowest BCUT2D eigenvalue weighted by Gasteiger charge is -1.91. The maximum Gasteiger partial charge on any atom is 0.348 e. The Bertz CT molecular complexity index is 486. The number of rotatable bonds is 2. The molecule has 2 aromatic rings. The van der Waals surface area contributed by atoms with Crippen LogP contribution in [-0.2, 0) is 4.74 Å². The molecule has 0 N–H and O–H groups in total. The van der Waals surface area contributed by atoms with Crippen LogP contribution < -0.4 is 0 Å². The second-order valence-corrected chi connectivity index (χ2v) is 3.98. The van der Waals surface area contributed by atoms with Crippen molar-refractivity contribution >= 4 is 17.3 Å². The largest absolute Gasteiger partial charge is 0.465 e. The van der Waals surface area contributed by atoms with E-state index in [1.807, 2.05) is 6.07 Å². The lowest BCUT2D eigenvalue weighted by molar-refractivity contribution is 0.0606. The predicted octanol–water partition coefficient (Wildman–Crippen LogP) is 2.50. The summed E-state index contributed by atoms with van der Waals surface area (Å²) in [5, 5.41) is 0. The van der Waals surface area contributed by atoms with Crippen molar-refractivity contribution in [2.24, 2.45) is 0 Å². The van der Waals surface area contributed by atoms with E-state index in [2.05, 4.69) is 9.72 Å². The van der Waals surface area contributed by atoms with Crippen molar-refractivity contribution in [2.45, 2.75) is 6.92 Å². The highest BCUT2D eigenvalue weighted by atomic mass is 32.1. The van der Waals surface area contributed by atoms with Gasteiger partial charge in [-0.25, -0.2) is 9.78 Å². The molecule has 0 amide bonds. The monoisotopic (exact) mass is 223 g/mol. The number of esters is 1. The number of aryl methyl sites for hydroxylation is 1. The minimum atomic E-state index is -0.331. The van der Waals surface area contributed by atoms with Gasteiger partial charge in [0.2, 0.25) is 0 Å². The predicted molar refractivity (Wildman–Crippen MR) is 55.9 cm³/mol. The second-order valence-electron chi connectivity index (χ2n) is 2.90. The van der Waals surface area contributed by atoms with Crippen LogP contribution >= 0.6 is 11.3 Å². The molecule has 0 saturated heterocycles. The van der Waals surface area contributed by atoms with E-state index in [9.17, 15) is 4.79 Å². The van der Waals surface area contributed by atoms with Gasteiger partial charge in [0.05, 0.1) is 18.2 Å². The highest BCUT2D eigenvalue weighted by molar-refractivity contribution is 7.17. The van der Waals surface area contributed by atoms with E-state index in [-0.39, 0.29) is 5.97 Å². The van der Waals surface area contributed by atoms with Crippen LogP contribution in [0.3, 0.4) is 0 Å². The molecular weight excluding hydrogens is 214 g/mol. The summed E-state index contributed by atoms with van der Waals surface area (Å²) in [6, 6.07) is 3.53. The summed E-state index contributed by atoms with van der Waals surface area (Å²) in [7, 11) is 1.36. The zero-order chi connectivity index (χ0) is 10.8. The molecule has 15 heavy (non-hydrogen) atoms. The van der Waals surface area contributed by atoms with Gasteiger partial charge in [0.15, 0.2) is 11.7 Å². The molecule has 78 valence electrons. The fraction of sp³-hybridized carbons (Fsp3) is 0.200. The Hall–Kier alpha value is -1.62. The van der Waals surface area contributed by atoms with E-state index in [1.165, 1.54) is 18.4 Å². The van der Waals surface area contributed by atoms with Crippen LogP contribution in [0.5, 0.6) is 0 Å². The fourth-order valence-corrected chi connectivity index (χ4v) is 2.03. The molecule has 0 bridgehead atoms. The van der Waals surface area contributed by atoms with Gasteiger partial charge in [-0.05, 0) is 12.1 Å². The minimum absolute atomic E-state index is 0.331. The van der Waals surface area contributed by atoms with Gasteiger partial charge < -0.3 is 9.15 Å². The first-order valence-electron chi connectivity index (χ1n) is 4.31. The Balaban J connectivity index is 2.31. The Labute approximate surface area is 90.5 Å². The zero-order valence-corrected chi connectivity index (χ0v) is 9.13. The summed E-state index contributed by atoms with van der Waals surface area (Å²) in [5.41, 5.74) is 0. The third kappa shape index (κ3) is 1.92. The number of aromatic nitrogens is 1. The lowest BCUT2D eigenvalue weighted by atomic mass is 10.4. The molecule has 5 heteroatoms. The van der Waals surface area contributed by atoms with Crippen molar-refractivity contribution in [1.29, 1.82) is 0 Å². The number of ether oxygens (including phenoxy) is 1. The highest BCUT2D eigenvalue weighted by Crippen LogP contribution is 2.28. The summed E-state index contributed by atoms with van der Waals surface area (Å²) >= 11 is 1.32. The Kier molecular flexibility index (Phi) is 2.55. The van der Waals surface area contributed by atoms with Crippen LogP contribution in [0.4, 0.5) is 0 Å². The van der Waals surface area contributed by atoms with Crippen molar-refractivity contribution < 1.29 is 13.9 Å². The zero-order valence-electron chi connectivity index (χ0n) is 8.31. The van der Waals surface area contributed by atoms with Crippen molar-refractivity contribution in [1.82, 2.24) is 4.98 Å². The number of nitrogens with zero attached hydrogens (tertiary/aromatic N) is 1. The van der Waals surface area contributed by atoms with Crippen molar-refractivity contribution in [3.63, 3.8) is 0 Å². The smallest absolute Gasteiger partial charge is 0.348 e. The molecule has 2 rings (SSSR count). The first kappa shape index (κ1) is 9.92. The van der Waals surface area contributed by atoms with E-state index in [1.54, 1.807) is 19.2 Å². The molecule has 2 heterocycles. The molecule has 0 aliphatic carbocycles. The topological polar surface area (TPSA) is 52.3 Å². The summed E-state index contributed by atoms with van der Waals surface area (Å²) in [6.45, 7) is 1.78. The quantitative estimate of drug-likeness (QED) is 0.734. The first-order valence-corrected chi connectivity index (χ1v) is 5.13. The van der Waals surface area contributed by atoms with Crippen LogP contribution in [-0.4, -0.2) is 18.1 Å². The fourth-order valence-electron chi connectivity index (χ4n) is 1.16. The van der Waals surface area contributed by atoms with E-state index in [4.69, 9.17) is 4.42 Å². The molecule has 0 atom stereocenters. The molecule has 0 fully saturated rings. The average molecular weight is 223 g/mol. The summed E-state index contributed by atoms with van der Waals surface area (Å²) in [4.78, 5) is 16.6. The minimum Gasteiger partial charge on any atom is -0.465 e. The molecular formula is C10H9NO3S. The molecule has 0 saturated carbocycles. The maximum atomic E-state index is 11.2. The van der Waals surface area contributed by atoms with E-state index in [0.717, 1.165) is 4.88 Å². The third-order valence-corrected chi connectivity index (χ3v) is 2.94. The SMILES string of the molecule is COC(=O)c1ccc(-c2cnc(C)o2)s1. The second kappa shape index (κ2) is 3.86. The van der Waals surface area contributed by atoms with Gasteiger partial charge >= 0.3 is 5.97 Å². The molecule has 0 aliphatic heterocycles. The molecule has 2 aromatic heterocycles. The third-order valence-electron chi connectivity index (χ3n) is 1.86. The number of carbonyl (C=O) groups is 1. The standard InChI is InChI=1S/C10H9NO3S/c1-6-11-5-7(14-6)8-3-4-9(15-8)10(12)13-2/h3-5H,1-2H3. The van der Waals surface area contributed by atoms with Crippen molar-refractivity contribution in [3.8, 4) is 10.6 Å². The molecule has 0 spiro atoms. The van der Waals surface area contributed by atoms with Gasteiger partial charge in [-0.3, -0.25) is 0 Å². The molecule has 4 nitrogen and oxygen atoms in total. The first-order chi connectivity index (χ1) is 7.20. The summed E-state index contributed by atoms with van der Waals surface area (Å²) < 4.78 is 9.96. The summed E-state index contributed by atoms with van der Waals surface area (Å²) in [6.07, 6.45) is 1.64. The van der Waals surface area contributed by atoms with Crippen LogP contribution in [0.25, 0.3) is 10.6 Å². The van der Waals surface area contributed by atoms with Crippen LogP contribution in [0, 0.1) is 6.92 Å². The van der Waals surface area contributed by atoms with Gasteiger partial charge in [0, 0.05) is 6.92 Å². The van der Waals surface area contributed by atoms with Gasteiger partial charge in [-0.15, -0.1) is 11.3 Å². The van der Waals surface area contributed by atoms with Crippen LogP contribution in [0.2, 0.25) is 0 Å². The number of hydrogen-bond donors (Lipinski definition) is 0. The van der Waals surface area contributed by atoms with Crippen LogP contribution in [0.15, 0.2) is 22.7 Å². The van der Waals surface area contributed by atoms with Gasteiger partial charge in [-0.1, -0.05) is 0 Å². The number of carbonyl (C=O) groups excluding carboxylic acids is 1. The molecule has 0 unspecified atom stereocenters. The number of methoxy groups -OCH3 is 1. The Morgan fingerprint density at radius 1 is 1.53 bits per heavy atom. The van der Waals surface area contributed by atoms with E-state index in [0.29, 0.717) is 16.5 Å². The Morgan fingerprint density at radius 2 is 2.33 bits per heavy atom. The maximum absolute atomic E-state index is 11.2. The lowest BCUT2D eigenvalue weighted by Crippen LogP contribution is -1.96. The van der Waals surface area contributed by atoms with Crippen molar-refractivity contribution in [2.75, 3.05) is 7.11 Å². The molecule has 0 aliphatic rings. The van der Waals surface area contributed by atoms with E-state index < -0.39 is 0 Å². The number of hydrogen-bond acceptors (Lipinski definition) is 5. The van der Waals surface area contributed by atoms with Gasteiger partial charge in [0.1, 0.15) is 4.88 Å². The normalized spacial score (nSPS) is 10.3. The van der Waals surface area contributed by atoms with Gasteiger partial charge in [-0.2, -0.15) is 0 Å². The molecule has 0 radical (unpaired) electrons. The van der Waals surface area contributed by atoms with E-state index >= 15 is 0 Å². The van der Waals surface area contributed by atoms with Crippen molar-refractivity contribution in [3.05, 3.63) is 29.1 Å². The van der Waals surface area contributed by atoms with Crippen LogP contribution in [0.1, 0.15) is 15.6 Å². The Morgan fingerprint density at radius 3 is 2.93 bits per heavy atom. The summed E-state index contributed by atoms with van der Waals surface area (Å²) in [5.74, 6) is 0.952.